The molecular formula is C21H13Cl2N3O6. The van der Waals surface area contributed by atoms with Gasteiger partial charge in [-0.25, -0.2) is 10.2 Å². The van der Waals surface area contributed by atoms with Gasteiger partial charge >= 0.3 is 11.7 Å². The molecule has 0 aliphatic rings. The highest BCUT2D eigenvalue weighted by Crippen LogP contribution is 2.29. The molecular weight excluding hydrogens is 461 g/mol. The second-order valence-corrected chi connectivity index (χ2v) is 7.09. The fourth-order valence-corrected chi connectivity index (χ4v) is 2.98. The van der Waals surface area contributed by atoms with Crippen molar-refractivity contribution in [3.63, 3.8) is 0 Å². The number of aromatic hydroxyl groups is 1. The normalized spacial score (nSPS) is 10.7. The van der Waals surface area contributed by atoms with E-state index >= 15 is 0 Å². The molecule has 32 heavy (non-hydrogen) atoms. The number of phenolic OH excluding ortho intramolecular Hbond substituents is 1. The van der Waals surface area contributed by atoms with Crippen LogP contribution < -0.4 is 10.2 Å². The lowest BCUT2D eigenvalue weighted by atomic mass is 10.2. The Hall–Kier alpha value is -3.95. The predicted octanol–water partition coefficient (Wildman–Crippen LogP) is 4.59. The number of carbonyl (C=O) groups is 2. The van der Waals surface area contributed by atoms with E-state index < -0.39 is 22.5 Å². The van der Waals surface area contributed by atoms with Crippen LogP contribution in [0.4, 0.5) is 5.69 Å². The average molecular weight is 474 g/mol. The Bertz CT molecular complexity index is 1230. The summed E-state index contributed by atoms with van der Waals surface area (Å²) in [6, 6.07) is 13.4. The molecule has 0 aliphatic heterocycles. The van der Waals surface area contributed by atoms with E-state index in [-0.39, 0.29) is 33.2 Å². The average Bonchev–Trinajstić information content (AvgIpc) is 2.74. The number of phenols is 1. The molecule has 0 aromatic heterocycles. The molecule has 0 bridgehead atoms. The van der Waals surface area contributed by atoms with Crippen molar-refractivity contribution in [2.45, 2.75) is 0 Å². The first-order valence-electron chi connectivity index (χ1n) is 8.82. The van der Waals surface area contributed by atoms with Gasteiger partial charge in [-0.2, -0.15) is 5.10 Å². The second kappa shape index (κ2) is 9.90. The van der Waals surface area contributed by atoms with E-state index in [9.17, 15) is 24.8 Å². The number of amides is 1. The Labute approximate surface area is 191 Å². The fraction of sp³-hybridized carbons (Fsp3) is 0. The topological polar surface area (TPSA) is 131 Å². The highest BCUT2D eigenvalue weighted by molar-refractivity contribution is 6.36. The molecule has 0 aliphatic carbocycles. The maximum Gasteiger partial charge on any atom is 0.345 e. The maximum absolute atomic E-state index is 12.3. The van der Waals surface area contributed by atoms with Crippen molar-refractivity contribution in [2.75, 3.05) is 0 Å². The minimum Gasteiger partial charge on any atom is -0.508 e. The van der Waals surface area contributed by atoms with Gasteiger partial charge < -0.3 is 9.84 Å². The molecule has 0 heterocycles. The molecule has 11 heteroatoms. The van der Waals surface area contributed by atoms with Gasteiger partial charge in [0.25, 0.3) is 5.91 Å². The van der Waals surface area contributed by atoms with Gasteiger partial charge in [0.2, 0.25) is 5.75 Å². The highest BCUT2D eigenvalue weighted by atomic mass is 35.5. The van der Waals surface area contributed by atoms with E-state index in [0.29, 0.717) is 5.02 Å². The van der Waals surface area contributed by atoms with E-state index in [1.54, 1.807) is 0 Å². The molecule has 0 saturated carbocycles. The zero-order chi connectivity index (χ0) is 23.3. The quantitative estimate of drug-likeness (QED) is 0.177. The first-order valence-corrected chi connectivity index (χ1v) is 9.58. The van der Waals surface area contributed by atoms with Gasteiger partial charge in [0, 0.05) is 22.2 Å². The molecule has 3 aromatic carbocycles. The number of nitro groups is 1. The Balaban J connectivity index is 1.74. The summed E-state index contributed by atoms with van der Waals surface area (Å²) in [4.78, 5) is 35.0. The molecule has 0 unspecified atom stereocenters. The third-order valence-corrected chi connectivity index (χ3v) is 4.59. The van der Waals surface area contributed by atoms with Crippen LogP contribution in [0.3, 0.4) is 0 Å². The predicted molar refractivity (Wildman–Crippen MR) is 118 cm³/mol. The first-order chi connectivity index (χ1) is 15.2. The van der Waals surface area contributed by atoms with Crippen LogP contribution in [-0.2, 0) is 0 Å². The van der Waals surface area contributed by atoms with Gasteiger partial charge in [-0.1, -0.05) is 23.2 Å². The second-order valence-electron chi connectivity index (χ2n) is 6.24. The van der Waals surface area contributed by atoms with Crippen LogP contribution in [0.2, 0.25) is 10.0 Å². The molecule has 0 fully saturated rings. The van der Waals surface area contributed by atoms with Crippen LogP contribution in [0, 0.1) is 10.1 Å². The summed E-state index contributed by atoms with van der Waals surface area (Å²) in [6.07, 6.45) is 1.19. The Morgan fingerprint density at radius 2 is 1.78 bits per heavy atom. The molecule has 3 aromatic rings. The van der Waals surface area contributed by atoms with Gasteiger partial charge in [-0.3, -0.25) is 14.9 Å². The molecule has 1 amide bonds. The summed E-state index contributed by atoms with van der Waals surface area (Å²) < 4.78 is 5.14. The number of esters is 1. The van der Waals surface area contributed by atoms with E-state index in [1.165, 1.54) is 60.8 Å². The van der Waals surface area contributed by atoms with Crippen LogP contribution in [0.5, 0.6) is 11.5 Å². The molecule has 162 valence electrons. The van der Waals surface area contributed by atoms with Crippen LogP contribution in [-0.4, -0.2) is 28.1 Å². The molecule has 0 spiro atoms. The molecule has 0 saturated heterocycles. The maximum atomic E-state index is 12.3. The largest absolute Gasteiger partial charge is 0.508 e. The minimum atomic E-state index is -0.891. The number of hydrogen-bond acceptors (Lipinski definition) is 7. The number of nitrogens with one attached hydrogen (secondary N) is 1. The zero-order valence-corrected chi connectivity index (χ0v) is 17.5. The van der Waals surface area contributed by atoms with Crippen molar-refractivity contribution in [3.8, 4) is 11.5 Å². The number of hydrazone groups is 1. The summed E-state index contributed by atoms with van der Waals surface area (Å²) in [6.45, 7) is 0. The lowest BCUT2D eigenvalue weighted by Gasteiger charge is -2.07. The van der Waals surface area contributed by atoms with E-state index in [2.05, 4.69) is 10.5 Å². The van der Waals surface area contributed by atoms with Crippen molar-refractivity contribution >= 4 is 47.0 Å². The van der Waals surface area contributed by atoms with Crippen molar-refractivity contribution < 1.29 is 24.4 Å². The smallest absolute Gasteiger partial charge is 0.345 e. The van der Waals surface area contributed by atoms with Gasteiger partial charge in [0.1, 0.15) is 5.75 Å². The highest BCUT2D eigenvalue weighted by Gasteiger charge is 2.21. The van der Waals surface area contributed by atoms with Gasteiger partial charge in [-0.15, -0.1) is 0 Å². The van der Waals surface area contributed by atoms with Crippen LogP contribution in [0.25, 0.3) is 0 Å². The van der Waals surface area contributed by atoms with Crippen molar-refractivity contribution in [1.82, 2.24) is 5.43 Å². The Kier molecular flexibility index (Phi) is 7.04. The molecule has 0 radical (unpaired) electrons. The van der Waals surface area contributed by atoms with Gasteiger partial charge in [-0.05, 0) is 54.6 Å². The van der Waals surface area contributed by atoms with Crippen molar-refractivity contribution in [2.24, 2.45) is 5.10 Å². The fourth-order valence-electron chi connectivity index (χ4n) is 2.50. The number of benzene rings is 3. The summed E-state index contributed by atoms with van der Waals surface area (Å²) in [5.74, 6) is -1.72. The van der Waals surface area contributed by atoms with Crippen LogP contribution in [0.1, 0.15) is 26.3 Å². The number of ether oxygens (including phenoxy) is 1. The number of rotatable bonds is 6. The van der Waals surface area contributed by atoms with E-state index in [0.717, 1.165) is 6.07 Å². The molecule has 0 atom stereocenters. The van der Waals surface area contributed by atoms with E-state index in [4.69, 9.17) is 27.9 Å². The number of hydrogen-bond donors (Lipinski definition) is 2. The monoisotopic (exact) mass is 473 g/mol. The van der Waals surface area contributed by atoms with Gasteiger partial charge in [0.15, 0.2) is 0 Å². The summed E-state index contributed by atoms with van der Waals surface area (Å²) in [5.41, 5.74) is 2.30. The minimum absolute atomic E-state index is 0.00653. The standard InChI is InChI=1S/C21H13Cl2N3O6/c22-14-4-7-16(17(23)10-14)21(29)32-19-8-1-12(9-18(19)26(30)31)11-24-25-20(28)13-2-5-15(27)6-3-13/h1-11,27H,(H,25,28)/b24-11-. The molecule has 3 rings (SSSR count). The number of nitro benzene ring substituents is 1. The first kappa shape index (κ1) is 22.7. The van der Waals surface area contributed by atoms with Crippen LogP contribution in [0.15, 0.2) is 65.8 Å². The lowest BCUT2D eigenvalue weighted by molar-refractivity contribution is -0.385. The van der Waals surface area contributed by atoms with Crippen molar-refractivity contribution in [3.05, 3.63) is 97.5 Å². The summed E-state index contributed by atoms with van der Waals surface area (Å²) >= 11 is 11.8. The third kappa shape index (κ3) is 5.60. The number of carbonyl (C=O) groups excluding carboxylic acids is 2. The molecule has 2 N–H and O–H groups in total. The number of halogens is 2. The number of nitrogens with zero attached hydrogens (tertiary/aromatic N) is 2. The van der Waals surface area contributed by atoms with E-state index in [1.807, 2.05) is 0 Å². The van der Waals surface area contributed by atoms with Crippen LogP contribution >= 0.6 is 23.2 Å². The Morgan fingerprint density at radius 1 is 1.06 bits per heavy atom. The zero-order valence-electron chi connectivity index (χ0n) is 16.0. The SMILES string of the molecule is O=C(N/N=C\c1ccc(OC(=O)c2ccc(Cl)cc2Cl)c([N+](=O)[O-])c1)c1ccc(O)cc1. The summed E-state index contributed by atoms with van der Waals surface area (Å²) in [5, 5.41) is 24.8. The third-order valence-electron chi connectivity index (χ3n) is 4.04. The Morgan fingerprint density at radius 3 is 2.44 bits per heavy atom. The van der Waals surface area contributed by atoms with Crippen molar-refractivity contribution in [1.29, 1.82) is 0 Å². The molecule has 9 nitrogen and oxygen atoms in total. The van der Waals surface area contributed by atoms with Gasteiger partial charge in [0.05, 0.1) is 21.7 Å². The lowest BCUT2D eigenvalue weighted by Crippen LogP contribution is -2.17. The summed E-state index contributed by atoms with van der Waals surface area (Å²) in [7, 11) is 0.